The first-order chi connectivity index (χ1) is 12.5. The van der Waals surface area contributed by atoms with Crippen LogP contribution < -0.4 is 23.7 Å². The number of fused-ring (bicyclic) bond motifs is 1. The molecule has 0 unspecified atom stereocenters. The normalized spacial score (nSPS) is 15.6. The average molecular weight is 362 g/mol. The summed E-state index contributed by atoms with van der Waals surface area (Å²) in [7, 11) is 5.94. The zero-order valence-corrected chi connectivity index (χ0v) is 15.2. The first-order valence-electron chi connectivity index (χ1n) is 8.09. The highest BCUT2D eigenvalue weighted by Crippen LogP contribution is 2.50. The molecule has 0 amide bonds. The van der Waals surface area contributed by atoms with Crippen molar-refractivity contribution in [1.82, 2.24) is 0 Å². The van der Waals surface area contributed by atoms with Gasteiger partial charge >= 0.3 is 0 Å². The van der Waals surface area contributed by atoms with Gasteiger partial charge in [-0.25, -0.2) is 0 Å². The monoisotopic (exact) mass is 362 g/mol. The summed E-state index contributed by atoms with van der Waals surface area (Å²) in [5, 5.41) is 20.8. The molecule has 1 aliphatic rings. The van der Waals surface area contributed by atoms with Crippen LogP contribution in [0.2, 0.25) is 0 Å². The summed E-state index contributed by atoms with van der Waals surface area (Å²) in [6.45, 7) is 0.334. The zero-order chi connectivity index (χ0) is 18.8. The lowest BCUT2D eigenvalue weighted by Crippen LogP contribution is -2.20. The van der Waals surface area contributed by atoms with Gasteiger partial charge < -0.3 is 33.9 Å². The van der Waals surface area contributed by atoms with Gasteiger partial charge in [-0.3, -0.25) is 0 Å². The molecule has 3 rings (SSSR count). The molecular weight excluding hydrogens is 340 g/mol. The molecule has 1 heterocycles. The Morgan fingerprint density at radius 1 is 0.923 bits per heavy atom. The molecular formula is C19H22O7. The third-order valence-corrected chi connectivity index (χ3v) is 4.54. The molecule has 0 fully saturated rings. The summed E-state index contributed by atoms with van der Waals surface area (Å²) in [5.41, 5.74) is 1.45. The molecule has 26 heavy (non-hydrogen) atoms. The van der Waals surface area contributed by atoms with Crippen LogP contribution in [0.25, 0.3) is 0 Å². The van der Waals surface area contributed by atoms with Gasteiger partial charge in [-0.1, -0.05) is 6.07 Å². The van der Waals surface area contributed by atoms with Crippen molar-refractivity contribution < 1.29 is 33.9 Å². The number of aromatic hydroxyl groups is 2. The van der Waals surface area contributed by atoms with Crippen LogP contribution in [0.4, 0.5) is 0 Å². The van der Waals surface area contributed by atoms with Crippen LogP contribution >= 0.6 is 0 Å². The minimum atomic E-state index is -0.125. The minimum Gasteiger partial charge on any atom is -0.504 e. The van der Waals surface area contributed by atoms with Gasteiger partial charge in [0.1, 0.15) is 0 Å². The van der Waals surface area contributed by atoms with Gasteiger partial charge in [0, 0.05) is 17.0 Å². The van der Waals surface area contributed by atoms with Crippen molar-refractivity contribution in [3.8, 4) is 40.2 Å². The molecule has 0 aliphatic carbocycles. The predicted octanol–water partition coefficient (Wildman–Crippen LogP) is 2.85. The first kappa shape index (κ1) is 17.8. The number of ether oxygens (including phenoxy) is 5. The summed E-state index contributed by atoms with van der Waals surface area (Å²) in [5.74, 6) is 1.74. The maximum atomic E-state index is 10.6. The van der Waals surface area contributed by atoms with E-state index in [0.717, 1.165) is 5.56 Å². The largest absolute Gasteiger partial charge is 0.504 e. The number of phenols is 2. The van der Waals surface area contributed by atoms with Gasteiger partial charge in [0.25, 0.3) is 0 Å². The number of methoxy groups -OCH3 is 4. The minimum absolute atomic E-state index is 0.0219. The summed E-state index contributed by atoms with van der Waals surface area (Å²) in [6, 6.07) is 5.13. The predicted molar refractivity (Wildman–Crippen MR) is 94.4 cm³/mol. The number of phenolic OH excluding ortho intramolecular Hbond substituents is 2. The van der Waals surface area contributed by atoms with E-state index in [-0.39, 0.29) is 28.9 Å². The second kappa shape index (κ2) is 7.11. The molecule has 7 nitrogen and oxygen atoms in total. The van der Waals surface area contributed by atoms with Gasteiger partial charge in [0.15, 0.2) is 23.0 Å². The lowest BCUT2D eigenvalue weighted by Gasteiger charge is -2.28. The maximum absolute atomic E-state index is 10.6. The van der Waals surface area contributed by atoms with Crippen molar-refractivity contribution in [2.75, 3.05) is 35.0 Å². The smallest absolute Gasteiger partial charge is 0.207 e. The van der Waals surface area contributed by atoms with Gasteiger partial charge in [-0.05, 0) is 18.6 Å². The van der Waals surface area contributed by atoms with Crippen LogP contribution in [-0.2, 0) is 6.42 Å². The standard InChI is InChI=1S/C19H22O7/c1-22-14-6-5-12(15(21)18(14)24-3)11-7-10-8-13(20)17(23-2)19(25-4)16(10)26-9-11/h5-6,8,11,20-21H,7,9H2,1-4H3/t11-/m1/s1. The molecule has 2 aromatic carbocycles. The number of hydrogen-bond acceptors (Lipinski definition) is 7. The van der Waals surface area contributed by atoms with E-state index in [9.17, 15) is 10.2 Å². The first-order valence-corrected chi connectivity index (χ1v) is 8.09. The van der Waals surface area contributed by atoms with Crippen LogP contribution in [0, 0.1) is 0 Å². The van der Waals surface area contributed by atoms with Crippen molar-refractivity contribution in [3.63, 3.8) is 0 Å². The molecule has 7 heteroatoms. The lowest BCUT2D eigenvalue weighted by atomic mass is 9.89. The maximum Gasteiger partial charge on any atom is 0.207 e. The Morgan fingerprint density at radius 2 is 1.62 bits per heavy atom. The highest BCUT2D eigenvalue weighted by Gasteiger charge is 2.30. The number of rotatable bonds is 5. The molecule has 0 saturated carbocycles. The Kier molecular flexibility index (Phi) is 4.88. The molecule has 0 saturated heterocycles. The molecule has 0 bridgehead atoms. The van der Waals surface area contributed by atoms with E-state index < -0.39 is 0 Å². The van der Waals surface area contributed by atoms with E-state index in [4.69, 9.17) is 23.7 Å². The third-order valence-electron chi connectivity index (χ3n) is 4.54. The molecule has 0 radical (unpaired) electrons. The lowest BCUT2D eigenvalue weighted by molar-refractivity contribution is 0.236. The van der Waals surface area contributed by atoms with Crippen molar-refractivity contribution in [3.05, 3.63) is 29.3 Å². The fourth-order valence-electron chi connectivity index (χ4n) is 3.32. The number of benzene rings is 2. The molecule has 0 aromatic heterocycles. The van der Waals surface area contributed by atoms with E-state index in [0.29, 0.717) is 35.8 Å². The Labute approximate surface area is 151 Å². The topological polar surface area (TPSA) is 86.6 Å². The van der Waals surface area contributed by atoms with E-state index in [1.165, 1.54) is 28.4 Å². The summed E-state index contributed by atoms with van der Waals surface area (Å²) in [6.07, 6.45) is 0.548. The highest BCUT2D eigenvalue weighted by atomic mass is 16.5. The van der Waals surface area contributed by atoms with E-state index in [1.54, 1.807) is 18.2 Å². The highest BCUT2D eigenvalue weighted by molar-refractivity contribution is 5.64. The molecule has 140 valence electrons. The molecule has 2 N–H and O–H groups in total. The van der Waals surface area contributed by atoms with E-state index >= 15 is 0 Å². The summed E-state index contributed by atoms with van der Waals surface area (Å²) >= 11 is 0. The SMILES string of the molecule is COc1ccc([C@H]2COc3c(cc(O)c(OC)c3OC)C2)c(O)c1OC. The van der Waals surface area contributed by atoms with Gasteiger partial charge in [0.05, 0.1) is 35.0 Å². The second-order valence-electron chi connectivity index (χ2n) is 5.90. The quantitative estimate of drug-likeness (QED) is 0.846. The van der Waals surface area contributed by atoms with Gasteiger partial charge in [0.2, 0.25) is 17.2 Å². The van der Waals surface area contributed by atoms with Crippen LogP contribution in [0.1, 0.15) is 17.0 Å². The molecule has 1 aliphatic heterocycles. The Bertz CT molecular complexity index is 816. The molecule has 1 atom stereocenters. The van der Waals surface area contributed by atoms with Gasteiger partial charge in [-0.15, -0.1) is 0 Å². The van der Waals surface area contributed by atoms with Crippen molar-refractivity contribution in [2.24, 2.45) is 0 Å². The van der Waals surface area contributed by atoms with Gasteiger partial charge in [-0.2, -0.15) is 0 Å². The Balaban J connectivity index is 2.00. The fraction of sp³-hybridized carbons (Fsp3) is 0.368. The molecule has 0 spiro atoms. The van der Waals surface area contributed by atoms with Crippen LogP contribution in [-0.4, -0.2) is 45.3 Å². The summed E-state index contributed by atoms with van der Waals surface area (Å²) in [4.78, 5) is 0. The second-order valence-corrected chi connectivity index (χ2v) is 5.90. The van der Waals surface area contributed by atoms with E-state index in [1.807, 2.05) is 0 Å². The third kappa shape index (κ3) is 2.79. The van der Waals surface area contributed by atoms with Crippen molar-refractivity contribution in [1.29, 1.82) is 0 Å². The van der Waals surface area contributed by atoms with Crippen molar-refractivity contribution >= 4 is 0 Å². The molecule has 2 aromatic rings. The van der Waals surface area contributed by atoms with Crippen molar-refractivity contribution in [2.45, 2.75) is 12.3 Å². The number of hydrogen-bond donors (Lipinski definition) is 2. The van der Waals surface area contributed by atoms with Crippen LogP contribution in [0.5, 0.6) is 40.2 Å². The van der Waals surface area contributed by atoms with Crippen LogP contribution in [0.3, 0.4) is 0 Å². The average Bonchev–Trinajstić information content (AvgIpc) is 2.65. The Morgan fingerprint density at radius 3 is 2.23 bits per heavy atom. The Hall–Kier alpha value is -2.96. The fourth-order valence-corrected chi connectivity index (χ4v) is 3.32. The van der Waals surface area contributed by atoms with E-state index in [2.05, 4.69) is 0 Å². The van der Waals surface area contributed by atoms with Crippen LogP contribution in [0.15, 0.2) is 18.2 Å². The summed E-state index contributed by atoms with van der Waals surface area (Å²) < 4.78 is 26.9. The zero-order valence-electron chi connectivity index (χ0n) is 15.2.